The summed E-state index contributed by atoms with van der Waals surface area (Å²) in [4.78, 5) is 0. The van der Waals surface area contributed by atoms with E-state index >= 15 is 0 Å². The summed E-state index contributed by atoms with van der Waals surface area (Å²) in [5, 5.41) is 8.31. The van der Waals surface area contributed by atoms with Gasteiger partial charge in [-0.25, -0.2) is 0 Å². The van der Waals surface area contributed by atoms with Crippen molar-refractivity contribution in [1.82, 2.24) is 15.1 Å². The Bertz CT molecular complexity index is 446. The van der Waals surface area contributed by atoms with Gasteiger partial charge in [0.05, 0.1) is 28.6 Å². The first-order valence-corrected chi connectivity index (χ1v) is 9.82. The van der Waals surface area contributed by atoms with E-state index in [0.717, 1.165) is 49.7 Å². The molecule has 1 aliphatic heterocycles. The zero-order valence-electron chi connectivity index (χ0n) is 13.2. The minimum absolute atomic E-state index is 0.292. The van der Waals surface area contributed by atoms with Crippen molar-refractivity contribution in [3.8, 4) is 0 Å². The molecule has 0 radical (unpaired) electrons. The van der Waals surface area contributed by atoms with Gasteiger partial charge in [-0.15, -0.1) is 0 Å². The number of aryl methyl sites for hydroxylation is 2. The van der Waals surface area contributed by atoms with Gasteiger partial charge >= 0.3 is 0 Å². The largest absolute Gasteiger partial charge is 0.375 e. The molecule has 4 nitrogen and oxygen atoms in total. The van der Waals surface area contributed by atoms with E-state index in [1.54, 1.807) is 0 Å². The third-order valence-corrected chi connectivity index (χ3v) is 5.80. The Balaban J connectivity index is 2.17. The van der Waals surface area contributed by atoms with Crippen LogP contribution < -0.4 is 5.32 Å². The van der Waals surface area contributed by atoms with Crippen LogP contribution in [0.1, 0.15) is 32.2 Å². The summed E-state index contributed by atoms with van der Waals surface area (Å²) in [6, 6.07) is 0.353. The highest BCUT2D eigenvalue weighted by atomic mass is 79.9. The van der Waals surface area contributed by atoms with Gasteiger partial charge in [-0.3, -0.25) is 4.68 Å². The average molecular weight is 376 g/mol. The molecular weight excluding hydrogens is 350 g/mol. The van der Waals surface area contributed by atoms with Crippen LogP contribution in [0.2, 0.25) is 0 Å². The maximum Gasteiger partial charge on any atom is 0.0822 e. The third-order valence-electron chi connectivity index (χ3n) is 3.86. The van der Waals surface area contributed by atoms with Gasteiger partial charge < -0.3 is 10.1 Å². The number of rotatable bonds is 7. The van der Waals surface area contributed by atoms with Gasteiger partial charge in [0, 0.05) is 30.5 Å². The lowest BCUT2D eigenvalue weighted by molar-refractivity contribution is 0.0470. The molecule has 2 unspecified atom stereocenters. The summed E-state index contributed by atoms with van der Waals surface area (Å²) in [5.74, 6) is 2.20. The third kappa shape index (κ3) is 4.24. The molecule has 0 amide bonds. The molecule has 0 saturated carbocycles. The zero-order valence-corrected chi connectivity index (χ0v) is 15.6. The van der Waals surface area contributed by atoms with Gasteiger partial charge in [0.2, 0.25) is 0 Å². The molecule has 1 fully saturated rings. The molecule has 2 rings (SSSR count). The van der Waals surface area contributed by atoms with Crippen molar-refractivity contribution in [1.29, 1.82) is 0 Å². The SMILES string of the molecule is CCNC(Cc1c(Br)c(CC)nn1CC)C1CSCCO1. The summed E-state index contributed by atoms with van der Waals surface area (Å²) >= 11 is 5.74. The van der Waals surface area contributed by atoms with Crippen LogP contribution in [0.15, 0.2) is 4.47 Å². The Labute approximate surface area is 140 Å². The second-order valence-electron chi connectivity index (χ2n) is 5.23. The highest BCUT2D eigenvalue weighted by Gasteiger charge is 2.27. The zero-order chi connectivity index (χ0) is 15.2. The fraction of sp³-hybridized carbons (Fsp3) is 0.800. The first-order chi connectivity index (χ1) is 10.2. The number of halogens is 1. The monoisotopic (exact) mass is 375 g/mol. The van der Waals surface area contributed by atoms with Crippen molar-refractivity contribution in [2.45, 2.75) is 52.3 Å². The van der Waals surface area contributed by atoms with Crippen LogP contribution in [0.25, 0.3) is 0 Å². The van der Waals surface area contributed by atoms with E-state index in [-0.39, 0.29) is 0 Å². The number of hydrogen-bond donors (Lipinski definition) is 1. The highest BCUT2D eigenvalue weighted by molar-refractivity contribution is 9.10. The summed E-state index contributed by atoms with van der Waals surface area (Å²) in [5.41, 5.74) is 2.44. The van der Waals surface area contributed by atoms with Crippen LogP contribution in [-0.2, 0) is 24.1 Å². The van der Waals surface area contributed by atoms with E-state index in [1.807, 2.05) is 11.8 Å². The molecule has 0 aromatic carbocycles. The van der Waals surface area contributed by atoms with Crippen LogP contribution in [-0.4, -0.2) is 46.6 Å². The number of nitrogens with one attached hydrogen (secondary N) is 1. The molecule has 1 saturated heterocycles. The fourth-order valence-corrected chi connectivity index (χ4v) is 4.42. The van der Waals surface area contributed by atoms with E-state index in [4.69, 9.17) is 9.84 Å². The molecule has 6 heteroatoms. The fourth-order valence-electron chi connectivity index (χ4n) is 2.76. The van der Waals surface area contributed by atoms with Gasteiger partial charge in [0.25, 0.3) is 0 Å². The minimum Gasteiger partial charge on any atom is -0.375 e. The van der Waals surface area contributed by atoms with E-state index in [9.17, 15) is 0 Å². The first kappa shape index (κ1) is 17.3. The Kier molecular flexibility index (Phi) is 7.05. The average Bonchev–Trinajstić information content (AvgIpc) is 2.83. The van der Waals surface area contributed by atoms with Crippen LogP contribution in [0, 0.1) is 0 Å². The van der Waals surface area contributed by atoms with Crippen molar-refractivity contribution in [3.63, 3.8) is 0 Å². The normalized spacial score (nSPS) is 20.7. The van der Waals surface area contributed by atoms with Crippen molar-refractivity contribution < 1.29 is 4.74 Å². The number of thioether (sulfide) groups is 1. The number of likely N-dealkylation sites (N-methyl/N-ethyl adjacent to an activating group) is 1. The molecule has 0 bridgehead atoms. The van der Waals surface area contributed by atoms with Crippen molar-refractivity contribution in [3.05, 3.63) is 15.9 Å². The molecule has 0 aliphatic carbocycles. The topological polar surface area (TPSA) is 39.1 Å². The molecule has 0 spiro atoms. The molecule has 2 atom stereocenters. The van der Waals surface area contributed by atoms with Gasteiger partial charge in [0.15, 0.2) is 0 Å². The van der Waals surface area contributed by atoms with E-state index in [2.05, 4.69) is 46.7 Å². The van der Waals surface area contributed by atoms with E-state index in [0.29, 0.717) is 12.1 Å². The molecule has 1 aromatic heterocycles. The lowest BCUT2D eigenvalue weighted by atomic mass is 10.1. The summed E-state index contributed by atoms with van der Waals surface area (Å²) in [7, 11) is 0. The quantitative estimate of drug-likeness (QED) is 0.794. The lowest BCUT2D eigenvalue weighted by Crippen LogP contribution is -2.46. The van der Waals surface area contributed by atoms with Crippen LogP contribution in [0.4, 0.5) is 0 Å². The Morgan fingerprint density at radius 2 is 2.29 bits per heavy atom. The van der Waals surface area contributed by atoms with Crippen LogP contribution in [0.3, 0.4) is 0 Å². The lowest BCUT2D eigenvalue weighted by Gasteiger charge is -2.31. The first-order valence-electron chi connectivity index (χ1n) is 7.87. The molecule has 2 heterocycles. The number of hydrogen-bond acceptors (Lipinski definition) is 4. The van der Waals surface area contributed by atoms with Crippen molar-refractivity contribution in [2.75, 3.05) is 24.7 Å². The van der Waals surface area contributed by atoms with E-state index < -0.39 is 0 Å². The second-order valence-corrected chi connectivity index (χ2v) is 7.17. The smallest absolute Gasteiger partial charge is 0.0822 e. The molecular formula is C15H26BrN3OS. The highest BCUT2D eigenvalue weighted by Crippen LogP contribution is 2.26. The summed E-state index contributed by atoms with van der Waals surface area (Å²) < 4.78 is 9.29. The Morgan fingerprint density at radius 3 is 2.86 bits per heavy atom. The maximum absolute atomic E-state index is 5.98. The predicted molar refractivity (Wildman–Crippen MR) is 93.2 cm³/mol. The van der Waals surface area contributed by atoms with Crippen molar-refractivity contribution in [2.24, 2.45) is 0 Å². The Hall–Kier alpha value is -0.0400. The predicted octanol–water partition coefficient (Wildman–Crippen LogP) is 2.88. The van der Waals surface area contributed by atoms with Crippen molar-refractivity contribution >= 4 is 27.7 Å². The van der Waals surface area contributed by atoms with Crippen LogP contribution >= 0.6 is 27.7 Å². The van der Waals surface area contributed by atoms with Gasteiger partial charge in [0.1, 0.15) is 0 Å². The maximum atomic E-state index is 5.98. The van der Waals surface area contributed by atoms with E-state index in [1.165, 1.54) is 10.2 Å². The Morgan fingerprint density at radius 1 is 1.48 bits per heavy atom. The number of aromatic nitrogens is 2. The summed E-state index contributed by atoms with van der Waals surface area (Å²) in [6.07, 6.45) is 2.21. The molecule has 21 heavy (non-hydrogen) atoms. The minimum atomic E-state index is 0.292. The van der Waals surface area contributed by atoms with Gasteiger partial charge in [-0.05, 0) is 35.8 Å². The number of ether oxygens (including phenoxy) is 1. The second kappa shape index (κ2) is 8.56. The molecule has 120 valence electrons. The van der Waals surface area contributed by atoms with Gasteiger partial charge in [-0.1, -0.05) is 13.8 Å². The molecule has 1 N–H and O–H groups in total. The van der Waals surface area contributed by atoms with Gasteiger partial charge in [-0.2, -0.15) is 16.9 Å². The van der Waals surface area contributed by atoms with Crippen LogP contribution in [0.5, 0.6) is 0 Å². The molecule has 1 aliphatic rings. The standard InChI is InChI=1S/C15H26BrN3OS/c1-4-11-15(16)13(19(6-3)18-11)9-12(17-5-2)14-10-21-8-7-20-14/h12,14,17H,4-10H2,1-3H3. The molecule has 1 aromatic rings. The number of nitrogens with zero attached hydrogens (tertiary/aromatic N) is 2. The summed E-state index contributed by atoms with van der Waals surface area (Å²) in [6.45, 7) is 9.20.